The fourth-order valence-electron chi connectivity index (χ4n) is 8.39. The summed E-state index contributed by atoms with van der Waals surface area (Å²) in [6, 6.07) is 1.25. The Balaban J connectivity index is 1.77. The number of esters is 2. The number of anilines is 1. The topological polar surface area (TPSA) is 265 Å². The van der Waals surface area contributed by atoms with E-state index < -0.39 is 83.7 Å². The largest absolute Gasteiger partial charge is 0.481 e. The molecule has 0 aromatic carbocycles. The first-order valence-electron chi connectivity index (χ1n) is 26.8. The third-order valence-electron chi connectivity index (χ3n) is 12.5. The molecular formula is C50H93N3O15P2. The van der Waals surface area contributed by atoms with Crippen molar-refractivity contribution in [3.05, 3.63) is 22.7 Å². The van der Waals surface area contributed by atoms with E-state index in [1.54, 1.807) is 0 Å². The molecule has 7 atom stereocenters. The summed E-state index contributed by atoms with van der Waals surface area (Å²) in [5.74, 6) is 0.296. The molecule has 1 aliphatic heterocycles. The van der Waals surface area contributed by atoms with Crippen LogP contribution in [-0.4, -0.2) is 85.7 Å². The monoisotopic (exact) mass is 1040 g/mol. The van der Waals surface area contributed by atoms with Crippen molar-refractivity contribution in [2.45, 2.75) is 251 Å². The first kappa shape index (κ1) is 63.9. The summed E-state index contributed by atoms with van der Waals surface area (Å²) in [7, 11) is -10.8. The molecule has 2 rings (SSSR count). The zero-order valence-electron chi connectivity index (χ0n) is 43.2. The van der Waals surface area contributed by atoms with E-state index in [4.69, 9.17) is 29.0 Å². The molecule has 2 heterocycles. The highest BCUT2D eigenvalue weighted by atomic mass is 31.3. The number of unbranched alkanes of at least 4 members (excludes halogenated alkanes) is 24. The molecule has 0 aliphatic carbocycles. The molecule has 1 fully saturated rings. The molecular weight excluding hydrogens is 945 g/mol. The molecule has 1 saturated heterocycles. The number of phosphoric acid groups is 2. The van der Waals surface area contributed by atoms with E-state index in [1.165, 1.54) is 128 Å². The minimum atomic E-state index is -5.42. The molecule has 1 aromatic heterocycles. The van der Waals surface area contributed by atoms with Crippen molar-refractivity contribution in [3.63, 3.8) is 0 Å². The van der Waals surface area contributed by atoms with Gasteiger partial charge in [0.25, 0.3) is 0 Å². The van der Waals surface area contributed by atoms with Gasteiger partial charge in [-0.05, 0) is 30.7 Å². The predicted octanol–water partition coefficient (Wildman–Crippen LogP) is 11.2. The van der Waals surface area contributed by atoms with Crippen LogP contribution in [0.1, 0.15) is 227 Å². The Morgan fingerprint density at radius 3 is 1.50 bits per heavy atom. The van der Waals surface area contributed by atoms with Crippen LogP contribution in [0.3, 0.4) is 0 Å². The zero-order chi connectivity index (χ0) is 51.6. The van der Waals surface area contributed by atoms with Gasteiger partial charge in [0.05, 0.1) is 13.2 Å². The minimum absolute atomic E-state index is 0.0566. The molecule has 0 spiro atoms. The normalized spacial score (nSPS) is 19.3. The van der Waals surface area contributed by atoms with Gasteiger partial charge in [0.1, 0.15) is 30.7 Å². The van der Waals surface area contributed by atoms with Crippen LogP contribution >= 0.6 is 15.6 Å². The lowest BCUT2D eigenvalue weighted by atomic mass is 10.0. The number of aliphatic hydroxyl groups excluding tert-OH is 2. The van der Waals surface area contributed by atoms with Gasteiger partial charge in [-0.3, -0.25) is 23.2 Å². The van der Waals surface area contributed by atoms with Gasteiger partial charge in [-0.25, -0.2) is 13.9 Å². The zero-order valence-corrected chi connectivity index (χ0v) is 45.0. The number of nitrogens with zero attached hydrogens (tertiary/aromatic N) is 2. The third-order valence-corrected chi connectivity index (χ3v) is 15.1. The van der Waals surface area contributed by atoms with Gasteiger partial charge in [0.2, 0.25) is 0 Å². The molecule has 70 heavy (non-hydrogen) atoms. The lowest BCUT2D eigenvalue weighted by molar-refractivity contribution is -0.161. The molecule has 0 bridgehead atoms. The number of rotatable bonds is 44. The van der Waals surface area contributed by atoms with Crippen molar-refractivity contribution in [1.82, 2.24) is 9.55 Å². The Morgan fingerprint density at radius 2 is 1.06 bits per heavy atom. The van der Waals surface area contributed by atoms with Crippen LogP contribution in [0.4, 0.5) is 5.82 Å². The molecule has 1 aromatic rings. The molecule has 20 heteroatoms. The van der Waals surface area contributed by atoms with E-state index in [2.05, 4.69) is 37.0 Å². The first-order valence-corrected chi connectivity index (χ1v) is 29.8. The molecule has 0 saturated carbocycles. The Kier molecular flexibility index (Phi) is 34.2. The van der Waals surface area contributed by atoms with E-state index in [0.717, 1.165) is 67.8 Å². The van der Waals surface area contributed by atoms with Gasteiger partial charge >= 0.3 is 33.3 Å². The van der Waals surface area contributed by atoms with Crippen LogP contribution in [0.25, 0.3) is 0 Å². The van der Waals surface area contributed by atoms with Crippen molar-refractivity contribution in [2.75, 3.05) is 25.6 Å². The summed E-state index contributed by atoms with van der Waals surface area (Å²) in [5.41, 5.74) is 4.60. The average Bonchev–Trinajstić information content (AvgIpc) is 3.57. The SMILES string of the molecule is CC(C)CCCCCCCCCCCCCCCCC(=O)OC[C@H](COP(=O)(O)OP(=O)(O)OC[C@H]1O[C@@H](n2ccc(N)nc2=O)C(O)[C@H]1O)OC(=O)CCCCCCCCCCCCCCC(C)C. The number of aliphatic hydroxyl groups is 2. The minimum Gasteiger partial charge on any atom is -0.462 e. The van der Waals surface area contributed by atoms with Crippen LogP contribution in [0.15, 0.2) is 17.1 Å². The second-order valence-corrected chi connectivity index (χ2v) is 23.1. The number of ether oxygens (including phenoxy) is 3. The number of hydrogen-bond donors (Lipinski definition) is 5. The van der Waals surface area contributed by atoms with Crippen molar-refractivity contribution in [3.8, 4) is 0 Å². The van der Waals surface area contributed by atoms with Crippen molar-refractivity contribution >= 4 is 33.4 Å². The Bertz CT molecular complexity index is 1700. The Hall–Kier alpha value is -2.24. The summed E-state index contributed by atoms with van der Waals surface area (Å²) in [5, 5.41) is 20.9. The molecule has 1 aliphatic rings. The third kappa shape index (κ3) is 31.4. The van der Waals surface area contributed by atoms with E-state index in [-0.39, 0.29) is 18.7 Å². The summed E-state index contributed by atoms with van der Waals surface area (Å²) in [6.45, 7) is 6.82. The average molecular weight is 1040 g/mol. The predicted molar refractivity (Wildman–Crippen MR) is 270 cm³/mol. The molecule has 3 unspecified atom stereocenters. The van der Waals surface area contributed by atoms with Crippen molar-refractivity contribution < 1.29 is 66.3 Å². The van der Waals surface area contributed by atoms with Crippen LogP contribution in [0.5, 0.6) is 0 Å². The van der Waals surface area contributed by atoms with Gasteiger partial charge in [-0.2, -0.15) is 9.29 Å². The van der Waals surface area contributed by atoms with Gasteiger partial charge in [-0.15, -0.1) is 0 Å². The van der Waals surface area contributed by atoms with Gasteiger partial charge in [-0.1, -0.05) is 195 Å². The highest BCUT2D eigenvalue weighted by molar-refractivity contribution is 7.61. The van der Waals surface area contributed by atoms with Crippen LogP contribution in [-0.2, 0) is 46.3 Å². The fourth-order valence-corrected chi connectivity index (χ4v) is 10.5. The number of nitrogens with two attached hydrogens (primary N) is 1. The number of phosphoric ester groups is 2. The molecule has 0 amide bonds. The smallest absolute Gasteiger partial charge is 0.462 e. The summed E-state index contributed by atoms with van der Waals surface area (Å²) in [4.78, 5) is 62.0. The maximum atomic E-state index is 12.9. The van der Waals surface area contributed by atoms with Gasteiger partial charge in [0.15, 0.2) is 12.3 Å². The molecule has 6 N–H and O–H groups in total. The number of hydrogen-bond acceptors (Lipinski definition) is 15. The second kappa shape index (κ2) is 37.5. The maximum Gasteiger partial charge on any atom is 0.481 e. The fraction of sp³-hybridized carbons (Fsp3) is 0.880. The van der Waals surface area contributed by atoms with Crippen LogP contribution in [0.2, 0.25) is 0 Å². The Morgan fingerprint density at radius 1 is 0.643 bits per heavy atom. The van der Waals surface area contributed by atoms with Crippen molar-refractivity contribution in [2.24, 2.45) is 11.8 Å². The second-order valence-electron chi connectivity index (χ2n) is 20.1. The number of nitrogen functional groups attached to an aromatic ring is 1. The van der Waals surface area contributed by atoms with E-state index in [9.17, 15) is 43.5 Å². The van der Waals surface area contributed by atoms with E-state index >= 15 is 0 Å². The Labute approximate surface area is 419 Å². The van der Waals surface area contributed by atoms with Crippen LogP contribution < -0.4 is 11.4 Å². The molecule has 408 valence electrons. The standard InChI is InChI=1S/C50H93N3O15P2/c1-40(2)31-27-23-19-15-11-7-5-6-8-13-17-21-25-29-33-45(54)63-37-42(66-46(55)34-30-26-22-18-14-10-9-12-16-20-24-28-32-41(3)4)38-64-69(59,60)68-70(61,62)65-39-43-47(56)48(57)49(67-43)53-36-35-44(51)52-50(53)58/h35-36,40-43,47-49,56-57H,5-34,37-39H2,1-4H3,(H,59,60)(H,61,62)(H2,51,52,58)/t42-,43-,47+,48?,49-/m1/s1. The van der Waals surface area contributed by atoms with Gasteiger partial charge < -0.3 is 39.9 Å². The first-order chi connectivity index (χ1) is 33.4. The summed E-state index contributed by atoms with van der Waals surface area (Å²) < 4.78 is 56.9. The van der Waals surface area contributed by atoms with Crippen LogP contribution in [0, 0.1) is 11.8 Å². The quantitative estimate of drug-likeness (QED) is 0.0231. The van der Waals surface area contributed by atoms with Crippen molar-refractivity contribution in [1.29, 1.82) is 0 Å². The van der Waals surface area contributed by atoms with E-state index in [1.807, 2.05) is 0 Å². The highest BCUT2D eigenvalue weighted by Gasteiger charge is 2.46. The lowest BCUT2D eigenvalue weighted by Gasteiger charge is -2.21. The number of carbonyl (C=O) groups excluding carboxylic acids is 2. The lowest BCUT2D eigenvalue weighted by Crippen LogP contribution is -2.36. The summed E-state index contributed by atoms with van der Waals surface area (Å²) in [6.07, 6.45) is 26.2. The van der Waals surface area contributed by atoms with Gasteiger partial charge in [0, 0.05) is 19.0 Å². The molecule has 18 nitrogen and oxygen atoms in total. The highest BCUT2D eigenvalue weighted by Crippen LogP contribution is 2.60. The number of aromatic nitrogens is 2. The van der Waals surface area contributed by atoms with E-state index in [0.29, 0.717) is 12.8 Å². The molecule has 0 radical (unpaired) electrons. The summed E-state index contributed by atoms with van der Waals surface area (Å²) >= 11 is 0. The number of carbonyl (C=O) groups is 2. The maximum absolute atomic E-state index is 12.9.